The van der Waals surface area contributed by atoms with Crippen LogP contribution in [-0.4, -0.2) is 14.8 Å². The van der Waals surface area contributed by atoms with Crippen LogP contribution < -0.4 is 5.32 Å². The van der Waals surface area contributed by atoms with Crippen molar-refractivity contribution in [3.63, 3.8) is 0 Å². The number of hydrogen-bond acceptors (Lipinski definition) is 3. The molecule has 0 amide bonds. The number of nitrogens with zero attached hydrogens (tertiary/aromatic N) is 3. The number of rotatable bonds is 4. The summed E-state index contributed by atoms with van der Waals surface area (Å²) in [6.07, 6.45) is 3.81. The Bertz CT molecular complexity index is 516. The summed E-state index contributed by atoms with van der Waals surface area (Å²) in [6.45, 7) is 6.94. The molecule has 1 N–H and O–H groups in total. The third-order valence-electron chi connectivity index (χ3n) is 2.72. The molecule has 2 heterocycles. The number of anilines is 1. The minimum absolute atomic E-state index is 0.372. The predicted octanol–water partition coefficient (Wildman–Crippen LogP) is 3.43. The second kappa shape index (κ2) is 5.40. The van der Waals surface area contributed by atoms with Crippen LogP contribution in [0.3, 0.4) is 0 Å². The topological polar surface area (TPSA) is 42.7 Å². The first-order valence-corrected chi connectivity index (χ1v) is 6.34. The van der Waals surface area contributed by atoms with Crippen LogP contribution in [0.1, 0.15) is 31.1 Å². The lowest BCUT2D eigenvalue weighted by atomic mass is 10.3. The molecule has 0 spiro atoms. The predicted molar refractivity (Wildman–Crippen MR) is 73.9 cm³/mol. The quantitative estimate of drug-likeness (QED) is 0.861. The van der Waals surface area contributed by atoms with Crippen LogP contribution in [-0.2, 0) is 6.54 Å². The Hall–Kier alpha value is -1.55. The lowest BCUT2D eigenvalue weighted by Crippen LogP contribution is -2.01. The summed E-state index contributed by atoms with van der Waals surface area (Å²) in [5, 5.41) is 8.33. The Morgan fingerprint density at radius 2 is 2.17 bits per heavy atom. The summed E-state index contributed by atoms with van der Waals surface area (Å²) in [5.41, 5.74) is 3.15. The maximum Gasteiger partial charge on any atom is 0.129 e. The number of nitrogens with one attached hydrogen (secondary N) is 1. The molecule has 2 rings (SSSR count). The third kappa shape index (κ3) is 3.01. The van der Waals surface area contributed by atoms with Gasteiger partial charge in [0.25, 0.3) is 0 Å². The largest absolute Gasteiger partial charge is 0.378 e. The highest BCUT2D eigenvalue weighted by atomic mass is 35.5. The summed E-state index contributed by atoms with van der Waals surface area (Å²) in [6, 6.07) is 4.13. The van der Waals surface area contributed by atoms with Gasteiger partial charge in [0, 0.05) is 25.0 Å². The number of halogens is 1. The summed E-state index contributed by atoms with van der Waals surface area (Å²) >= 11 is 5.75. The van der Waals surface area contributed by atoms with E-state index in [2.05, 4.69) is 29.2 Å². The molecule has 5 heteroatoms. The molecule has 0 radical (unpaired) electrons. The van der Waals surface area contributed by atoms with Gasteiger partial charge in [-0.05, 0) is 32.4 Å². The average Bonchev–Trinajstić information content (AvgIpc) is 2.70. The van der Waals surface area contributed by atoms with Crippen LogP contribution in [0.2, 0.25) is 5.15 Å². The van der Waals surface area contributed by atoms with Gasteiger partial charge >= 0.3 is 0 Å². The van der Waals surface area contributed by atoms with Crippen molar-refractivity contribution in [1.82, 2.24) is 14.8 Å². The second-order valence-electron chi connectivity index (χ2n) is 4.54. The molecule has 4 nitrogen and oxygen atoms in total. The van der Waals surface area contributed by atoms with Crippen LogP contribution in [0.5, 0.6) is 0 Å². The van der Waals surface area contributed by atoms with E-state index in [9.17, 15) is 0 Å². The van der Waals surface area contributed by atoms with Crippen molar-refractivity contribution in [2.75, 3.05) is 5.32 Å². The van der Waals surface area contributed by atoms with Gasteiger partial charge in [0.05, 0.1) is 11.4 Å². The molecule has 0 saturated carbocycles. The first-order valence-electron chi connectivity index (χ1n) is 5.96. The molecule has 0 fully saturated rings. The summed E-state index contributed by atoms with van der Waals surface area (Å²) < 4.78 is 1.96. The fraction of sp³-hybridized carbons (Fsp3) is 0.385. The van der Waals surface area contributed by atoms with Gasteiger partial charge in [-0.1, -0.05) is 17.7 Å². The Kier molecular flexibility index (Phi) is 3.87. The minimum Gasteiger partial charge on any atom is -0.378 e. The standard InChI is InChI=1S/C13H17ClN4/c1-9(2)18-8-12(10(3)17-18)15-6-11-4-5-13(14)16-7-11/h4-5,7-9,15H,6H2,1-3H3. The molecule has 0 aromatic carbocycles. The Balaban J connectivity index is 2.03. The molecule has 2 aromatic heterocycles. The smallest absolute Gasteiger partial charge is 0.129 e. The van der Waals surface area contributed by atoms with Gasteiger partial charge in [-0.25, -0.2) is 4.98 Å². The zero-order valence-corrected chi connectivity index (χ0v) is 11.6. The highest BCUT2D eigenvalue weighted by molar-refractivity contribution is 6.29. The van der Waals surface area contributed by atoms with Crippen molar-refractivity contribution >= 4 is 17.3 Å². The van der Waals surface area contributed by atoms with Crippen molar-refractivity contribution in [1.29, 1.82) is 0 Å². The van der Waals surface area contributed by atoms with Crippen LogP contribution in [0.15, 0.2) is 24.5 Å². The van der Waals surface area contributed by atoms with Crippen LogP contribution in [0.4, 0.5) is 5.69 Å². The SMILES string of the molecule is Cc1nn(C(C)C)cc1NCc1ccc(Cl)nc1. The first kappa shape index (κ1) is 12.9. The van der Waals surface area contributed by atoms with E-state index < -0.39 is 0 Å². The molecule has 18 heavy (non-hydrogen) atoms. The summed E-state index contributed by atoms with van der Waals surface area (Å²) in [5.74, 6) is 0. The van der Waals surface area contributed by atoms with Crippen molar-refractivity contribution in [3.8, 4) is 0 Å². The van der Waals surface area contributed by atoms with E-state index in [-0.39, 0.29) is 0 Å². The van der Waals surface area contributed by atoms with E-state index in [1.165, 1.54) is 0 Å². The number of aryl methyl sites for hydroxylation is 1. The van der Waals surface area contributed by atoms with E-state index in [1.54, 1.807) is 12.3 Å². The third-order valence-corrected chi connectivity index (χ3v) is 2.94. The molecular formula is C13H17ClN4. The summed E-state index contributed by atoms with van der Waals surface area (Å²) in [7, 11) is 0. The van der Waals surface area contributed by atoms with Gasteiger partial charge in [-0.3, -0.25) is 4.68 Å². The number of hydrogen-bond donors (Lipinski definition) is 1. The van der Waals surface area contributed by atoms with E-state index in [0.717, 1.165) is 23.5 Å². The fourth-order valence-corrected chi connectivity index (χ4v) is 1.74. The molecular weight excluding hydrogens is 248 g/mol. The van der Waals surface area contributed by atoms with E-state index in [4.69, 9.17) is 11.6 Å². The lowest BCUT2D eigenvalue weighted by molar-refractivity contribution is 0.529. The maximum atomic E-state index is 5.75. The van der Waals surface area contributed by atoms with Gasteiger partial charge in [-0.15, -0.1) is 0 Å². The van der Waals surface area contributed by atoms with E-state index >= 15 is 0 Å². The summed E-state index contributed by atoms with van der Waals surface area (Å²) in [4.78, 5) is 4.05. The van der Waals surface area contributed by atoms with Crippen molar-refractivity contribution in [3.05, 3.63) is 40.9 Å². The highest BCUT2D eigenvalue weighted by Crippen LogP contribution is 2.16. The van der Waals surface area contributed by atoms with Gasteiger partial charge in [0.1, 0.15) is 5.15 Å². The highest BCUT2D eigenvalue weighted by Gasteiger charge is 2.06. The fourth-order valence-electron chi connectivity index (χ4n) is 1.63. The molecule has 2 aromatic rings. The molecule has 0 saturated heterocycles. The van der Waals surface area contributed by atoms with Gasteiger partial charge in [-0.2, -0.15) is 5.10 Å². The zero-order chi connectivity index (χ0) is 13.1. The molecule has 0 aliphatic rings. The molecule has 0 bridgehead atoms. The molecule has 0 aliphatic carbocycles. The molecule has 96 valence electrons. The molecule has 0 atom stereocenters. The lowest BCUT2D eigenvalue weighted by Gasteiger charge is -2.05. The van der Waals surface area contributed by atoms with E-state index in [1.807, 2.05) is 23.9 Å². The van der Waals surface area contributed by atoms with Crippen molar-refractivity contribution in [2.24, 2.45) is 0 Å². The Morgan fingerprint density at radius 3 is 2.72 bits per heavy atom. The zero-order valence-electron chi connectivity index (χ0n) is 10.8. The monoisotopic (exact) mass is 264 g/mol. The number of pyridine rings is 1. The Labute approximate surface area is 112 Å². The van der Waals surface area contributed by atoms with Crippen LogP contribution >= 0.6 is 11.6 Å². The first-order chi connectivity index (χ1) is 8.56. The maximum absolute atomic E-state index is 5.75. The minimum atomic E-state index is 0.372. The van der Waals surface area contributed by atoms with Gasteiger partial charge < -0.3 is 5.32 Å². The van der Waals surface area contributed by atoms with Crippen LogP contribution in [0, 0.1) is 6.92 Å². The van der Waals surface area contributed by atoms with Gasteiger partial charge in [0.2, 0.25) is 0 Å². The normalized spacial score (nSPS) is 10.9. The van der Waals surface area contributed by atoms with Crippen LogP contribution in [0.25, 0.3) is 0 Å². The van der Waals surface area contributed by atoms with Crippen molar-refractivity contribution in [2.45, 2.75) is 33.4 Å². The molecule has 0 unspecified atom stereocenters. The molecule has 0 aliphatic heterocycles. The second-order valence-corrected chi connectivity index (χ2v) is 4.93. The Morgan fingerprint density at radius 1 is 1.39 bits per heavy atom. The van der Waals surface area contributed by atoms with Gasteiger partial charge in [0.15, 0.2) is 0 Å². The van der Waals surface area contributed by atoms with E-state index in [0.29, 0.717) is 11.2 Å². The van der Waals surface area contributed by atoms with Crippen molar-refractivity contribution < 1.29 is 0 Å². The number of aromatic nitrogens is 3. The average molecular weight is 265 g/mol.